The van der Waals surface area contributed by atoms with Gasteiger partial charge in [-0.2, -0.15) is 5.10 Å². The number of nitrogens with zero attached hydrogens (tertiary/aromatic N) is 2. The van der Waals surface area contributed by atoms with Gasteiger partial charge in [0.1, 0.15) is 11.3 Å². The second-order valence-electron chi connectivity index (χ2n) is 7.33. The SMILES string of the molecule is C=CCc1ccccc1-c1ccc(-c2cc(C(O)(C=C)C=C)nn2-c2ccccc2Cl)s1. The van der Waals surface area contributed by atoms with Crippen LogP contribution in [-0.4, -0.2) is 14.9 Å². The van der Waals surface area contributed by atoms with Crippen molar-refractivity contribution in [2.75, 3.05) is 0 Å². The van der Waals surface area contributed by atoms with Gasteiger partial charge in [0.2, 0.25) is 0 Å². The summed E-state index contributed by atoms with van der Waals surface area (Å²) in [4.78, 5) is 2.15. The molecule has 0 unspecified atom stereocenters. The molecule has 0 amide bonds. The molecule has 0 aliphatic carbocycles. The van der Waals surface area contributed by atoms with Crippen LogP contribution >= 0.6 is 22.9 Å². The summed E-state index contributed by atoms with van der Waals surface area (Å²) in [6.07, 6.45) is 5.57. The second kappa shape index (κ2) is 9.13. The van der Waals surface area contributed by atoms with Gasteiger partial charge >= 0.3 is 0 Å². The molecule has 0 bridgehead atoms. The molecule has 3 nitrogen and oxygen atoms in total. The second-order valence-corrected chi connectivity index (χ2v) is 8.82. The van der Waals surface area contributed by atoms with Gasteiger partial charge in [0, 0.05) is 4.88 Å². The van der Waals surface area contributed by atoms with Crippen LogP contribution in [0.15, 0.2) is 105 Å². The monoisotopic (exact) mass is 458 g/mol. The largest absolute Gasteiger partial charge is 0.376 e. The highest BCUT2D eigenvalue weighted by Gasteiger charge is 2.28. The number of para-hydroxylation sites is 1. The zero-order valence-electron chi connectivity index (χ0n) is 17.5. The van der Waals surface area contributed by atoms with E-state index in [0.29, 0.717) is 10.7 Å². The van der Waals surface area contributed by atoms with E-state index in [9.17, 15) is 5.11 Å². The first-order chi connectivity index (χ1) is 15.5. The van der Waals surface area contributed by atoms with Gasteiger partial charge in [-0.1, -0.05) is 79.4 Å². The minimum atomic E-state index is -1.45. The normalized spacial score (nSPS) is 11.3. The maximum Gasteiger partial charge on any atom is 0.144 e. The Hall–Kier alpha value is -3.18. The predicted molar refractivity (Wildman–Crippen MR) is 136 cm³/mol. The Morgan fingerprint density at radius 2 is 1.66 bits per heavy atom. The van der Waals surface area contributed by atoms with E-state index in [2.05, 4.69) is 44.0 Å². The molecule has 4 rings (SSSR count). The van der Waals surface area contributed by atoms with Gasteiger partial charge in [-0.05, 0) is 47.9 Å². The molecule has 0 saturated carbocycles. The third kappa shape index (κ3) is 4.00. The van der Waals surface area contributed by atoms with E-state index in [1.165, 1.54) is 23.3 Å². The third-order valence-electron chi connectivity index (χ3n) is 5.33. The summed E-state index contributed by atoms with van der Waals surface area (Å²) >= 11 is 8.16. The highest BCUT2D eigenvalue weighted by molar-refractivity contribution is 7.18. The average Bonchev–Trinajstić information content (AvgIpc) is 3.47. The number of hydrogen-bond acceptors (Lipinski definition) is 3. The third-order valence-corrected chi connectivity index (χ3v) is 6.79. The van der Waals surface area contributed by atoms with Crippen molar-refractivity contribution in [2.45, 2.75) is 12.0 Å². The van der Waals surface area contributed by atoms with Crippen LogP contribution in [0.1, 0.15) is 11.3 Å². The van der Waals surface area contributed by atoms with Crippen LogP contribution in [0.25, 0.3) is 26.7 Å². The summed E-state index contributed by atoms with van der Waals surface area (Å²) in [7, 11) is 0. The first-order valence-corrected chi connectivity index (χ1v) is 11.3. The van der Waals surface area contributed by atoms with Crippen molar-refractivity contribution in [1.82, 2.24) is 9.78 Å². The van der Waals surface area contributed by atoms with Crippen molar-refractivity contribution >= 4 is 22.9 Å². The van der Waals surface area contributed by atoms with Gasteiger partial charge in [0.25, 0.3) is 0 Å². The van der Waals surface area contributed by atoms with Crippen LogP contribution in [0.2, 0.25) is 5.02 Å². The quantitative estimate of drug-likeness (QED) is 0.283. The molecule has 0 atom stereocenters. The molecule has 0 saturated heterocycles. The van der Waals surface area contributed by atoms with Crippen LogP contribution in [0.4, 0.5) is 0 Å². The van der Waals surface area contributed by atoms with Gasteiger partial charge in [-0.3, -0.25) is 0 Å². The Balaban J connectivity index is 1.88. The zero-order chi connectivity index (χ0) is 22.7. The summed E-state index contributed by atoms with van der Waals surface area (Å²) in [5, 5.41) is 16.2. The smallest absolute Gasteiger partial charge is 0.144 e. The van der Waals surface area contributed by atoms with Crippen molar-refractivity contribution in [3.63, 3.8) is 0 Å². The van der Waals surface area contributed by atoms with Crippen LogP contribution in [0, 0.1) is 0 Å². The minimum Gasteiger partial charge on any atom is -0.376 e. The van der Waals surface area contributed by atoms with E-state index in [1.54, 1.807) is 16.0 Å². The van der Waals surface area contributed by atoms with Gasteiger partial charge < -0.3 is 5.11 Å². The Kier molecular flexibility index (Phi) is 6.28. The lowest BCUT2D eigenvalue weighted by atomic mass is 10.00. The fraction of sp³-hybridized carbons (Fsp3) is 0.0741. The lowest BCUT2D eigenvalue weighted by molar-refractivity contribution is 0.138. The van der Waals surface area contributed by atoms with Crippen molar-refractivity contribution < 1.29 is 5.11 Å². The summed E-state index contributed by atoms with van der Waals surface area (Å²) in [6, 6.07) is 21.9. The maximum absolute atomic E-state index is 10.9. The van der Waals surface area contributed by atoms with Gasteiger partial charge in [0.15, 0.2) is 0 Å². The van der Waals surface area contributed by atoms with Crippen LogP contribution in [0.3, 0.4) is 0 Å². The topological polar surface area (TPSA) is 38.1 Å². The molecule has 0 fully saturated rings. The number of halogens is 1. The predicted octanol–water partition coefficient (Wildman–Crippen LogP) is 7.21. The molecular formula is C27H23ClN2OS. The summed E-state index contributed by atoms with van der Waals surface area (Å²) in [6.45, 7) is 11.4. The average molecular weight is 459 g/mol. The summed E-state index contributed by atoms with van der Waals surface area (Å²) in [5.41, 5.74) is 2.95. The number of aromatic nitrogens is 2. The zero-order valence-corrected chi connectivity index (χ0v) is 19.1. The number of allylic oxidation sites excluding steroid dienone is 1. The van der Waals surface area contributed by atoms with Crippen LogP contribution in [0.5, 0.6) is 0 Å². The van der Waals surface area contributed by atoms with E-state index in [0.717, 1.165) is 27.6 Å². The van der Waals surface area contributed by atoms with Crippen molar-refractivity contribution in [3.05, 3.63) is 121 Å². The maximum atomic E-state index is 10.9. The molecular weight excluding hydrogens is 436 g/mol. The first kappa shape index (κ1) is 22.0. The lowest BCUT2D eigenvalue weighted by Crippen LogP contribution is -2.20. The number of benzene rings is 2. The molecule has 4 aromatic rings. The van der Waals surface area contributed by atoms with Gasteiger partial charge in [-0.15, -0.1) is 17.9 Å². The van der Waals surface area contributed by atoms with Gasteiger partial charge in [0.05, 0.1) is 21.3 Å². The lowest BCUT2D eigenvalue weighted by Gasteiger charge is -2.16. The Morgan fingerprint density at radius 1 is 0.969 bits per heavy atom. The highest BCUT2D eigenvalue weighted by atomic mass is 35.5. The van der Waals surface area contributed by atoms with E-state index in [1.807, 2.05) is 48.5 Å². The number of aliphatic hydroxyl groups is 1. The van der Waals surface area contributed by atoms with Crippen LogP contribution < -0.4 is 0 Å². The van der Waals surface area contributed by atoms with Crippen molar-refractivity contribution in [1.29, 1.82) is 0 Å². The molecule has 0 radical (unpaired) electrons. The Labute approximate surface area is 197 Å². The number of rotatable bonds is 8. The summed E-state index contributed by atoms with van der Waals surface area (Å²) in [5.74, 6) is 0. The van der Waals surface area contributed by atoms with E-state index >= 15 is 0 Å². The molecule has 2 aromatic carbocycles. The molecule has 0 spiro atoms. The van der Waals surface area contributed by atoms with E-state index in [4.69, 9.17) is 16.7 Å². The fourth-order valence-corrected chi connectivity index (χ4v) is 4.85. The fourth-order valence-electron chi connectivity index (χ4n) is 3.57. The first-order valence-electron chi connectivity index (χ1n) is 10.1. The molecule has 2 aromatic heterocycles. The van der Waals surface area contributed by atoms with E-state index < -0.39 is 5.60 Å². The van der Waals surface area contributed by atoms with Crippen LogP contribution in [-0.2, 0) is 12.0 Å². The Bertz CT molecular complexity index is 1290. The molecule has 1 N–H and O–H groups in total. The molecule has 0 aliphatic heterocycles. The molecule has 32 heavy (non-hydrogen) atoms. The van der Waals surface area contributed by atoms with Crippen molar-refractivity contribution in [3.8, 4) is 26.7 Å². The Morgan fingerprint density at radius 3 is 2.38 bits per heavy atom. The number of thiophene rings is 1. The number of hydrogen-bond donors (Lipinski definition) is 1. The molecule has 5 heteroatoms. The highest BCUT2D eigenvalue weighted by Crippen LogP contribution is 2.39. The standard InChI is InChI=1S/C27H23ClN2OS/c1-4-11-19-12-7-8-13-20(19)24-16-17-25(32-24)23-18-26(27(31,5-2)6-3)29-30(23)22-15-10-9-14-21(22)28/h4-10,12-18,31H,1-3,11H2. The molecule has 0 aliphatic rings. The van der Waals surface area contributed by atoms with Crippen molar-refractivity contribution in [2.24, 2.45) is 0 Å². The van der Waals surface area contributed by atoms with E-state index in [-0.39, 0.29) is 0 Å². The minimum absolute atomic E-state index is 0.430. The summed E-state index contributed by atoms with van der Waals surface area (Å²) < 4.78 is 1.76. The molecule has 2 heterocycles. The van der Waals surface area contributed by atoms with Gasteiger partial charge in [-0.25, -0.2) is 4.68 Å². The molecule has 160 valence electrons.